The molecule has 2 aliphatic rings. The molecule has 0 amide bonds. The number of epoxide rings is 1. The van der Waals surface area contributed by atoms with Crippen LogP contribution < -0.4 is 0 Å². The highest BCUT2D eigenvalue weighted by molar-refractivity contribution is 5.28. The number of unbranched alkanes of at least 4 members (excludes halogenated alkanes) is 2. The molecule has 0 aromatic carbocycles. The topological polar surface area (TPSA) is 12.5 Å². The van der Waals surface area contributed by atoms with Gasteiger partial charge in [0.25, 0.3) is 0 Å². The number of rotatable bonds is 4. The van der Waals surface area contributed by atoms with Gasteiger partial charge in [0.05, 0.1) is 0 Å². The number of hydrogen-bond acceptors (Lipinski definition) is 1. The normalized spacial score (nSPS) is 26.8. The van der Waals surface area contributed by atoms with Crippen molar-refractivity contribution in [1.82, 2.24) is 0 Å². The van der Waals surface area contributed by atoms with Gasteiger partial charge in [0.2, 0.25) is 0 Å². The minimum absolute atomic E-state index is 0.576. The van der Waals surface area contributed by atoms with E-state index in [1.807, 2.05) is 0 Å². The monoisotopic (exact) mass is 152 g/mol. The molecular formula is C10H16O. The molecule has 62 valence electrons. The van der Waals surface area contributed by atoms with Gasteiger partial charge in [-0.3, -0.25) is 0 Å². The van der Waals surface area contributed by atoms with Crippen LogP contribution in [-0.4, -0.2) is 6.10 Å². The standard InChI is InChI=1S/C10H16O/c1-2-3-4-5-8-6-7-9-10(8)11-9/h9H,2-7H2,1H3. The van der Waals surface area contributed by atoms with Crippen LogP contribution in [0.1, 0.15) is 45.4 Å². The van der Waals surface area contributed by atoms with Crippen molar-refractivity contribution >= 4 is 0 Å². The summed E-state index contributed by atoms with van der Waals surface area (Å²) in [6.07, 6.45) is 8.55. The number of allylic oxidation sites excluding steroid dienone is 1. The van der Waals surface area contributed by atoms with E-state index in [4.69, 9.17) is 4.74 Å². The quantitative estimate of drug-likeness (QED) is 0.445. The van der Waals surface area contributed by atoms with E-state index in [1.54, 1.807) is 5.57 Å². The first-order valence-electron chi connectivity index (χ1n) is 4.80. The highest BCUT2D eigenvalue weighted by Crippen LogP contribution is 2.44. The molecule has 1 aliphatic heterocycles. The molecule has 1 saturated heterocycles. The van der Waals surface area contributed by atoms with Crippen molar-refractivity contribution in [3.8, 4) is 0 Å². The lowest BCUT2D eigenvalue weighted by atomic mass is 10.1. The summed E-state index contributed by atoms with van der Waals surface area (Å²) in [6.45, 7) is 2.25. The van der Waals surface area contributed by atoms with Gasteiger partial charge in [-0.25, -0.2) is 0 Å². The Morgan fingerprint density at radius 1 is 1.45 bits per heavy atom. The summed E-state index contributed by atoms with van der Waals surface area (Å²) in [5.74, 6) is 1.36. The van der Waals surface area contributed by atoms with Gasteiger partial charge in [-0.05, 0) is 31.3 Å². The van der Waals surface area contributed by atoms with Crippen LogP contribution in [0.4, 0.5) is 0 Å². The summed E-state index contributed by atoms with van der Waals surface area (Å²) in [4.78, 5) is 0. The molecule has 1 fully saturated rings. The average molecular weight is 152 g/mol. The summed E-state index contributed by atoms with van der Waals surface area (Å²) < 4.78 is 5.38. The third-order valence-corrected chi connectivity index (χ3v) is 2.64. The van der Waals surface area contributed by atoms with Crippen LogP contribution in [0, 0.1) is 0 Å². The second kappa shape index (κ2) is 2.88. The maximum Gasteiger partial charge on any atom is 0.155 e. The van der Waals surface area contributed by atoms with Gasteiger partial charge < -0.3 is 4.74 Å². The Bertz CT molecular complexity index is 181. The lowest BCUT2D eigenvalue weighted by Gasteiger charge is -2.00. The van der Waals surface area contributed by atoms with Crippen molar-refractivity contribution in [2.45, 2.75) is 51.6 Å². The van der Waals surface area contributed by atoms with Gasteiger partial charge in [-0.15, -0.1) is 0 Å². The molecule has 2 rings (SSSR count). The van der Waals surface area contributed by atoms with E-state index < -0.39 is 0 Å². The van der Waals surface area contributed by atoms with Crippen molar-refractivity contribution in [2.75, 3.05) is 0 Å². The molecule has 11 heavy (non-hydrogen) atoms. The van der Waals surface area contributed by atoms with Crippen LogP contribution in [0.2, 0.25) is 0 Å². The Hall–Kier alpha value is -0.460. The van der Waals surface area contributed by atoms with Crippen LogP contribution in [-0.2, 0) is 4.74 Å². The molecule has 1 heterocycles. The molecule has 0 N–H and O–H groups in total. The van der Waals surface area contributed by atoms with Gasteiger partial charge in [0, 0.05) is 0 Å². The summed E-state index contributed by atoms with van der Waals surface area (Å²) in [5, 5.41) is 0. The van der Waals surface area contributed by atoms with E-state index in [2.05, 4.69) is 6.92 Å². The molecule has 0 spiro atoms. The maximum absolute atomic E-state index is 5.38. The van der Waals surface area contributed by atoms with Gasteiger partial charge >= 0.3 is 0 Å². The Morgan fingerprint density at radius 2 is 2.36 bits per heavy atom. The molecule has 0 bridgehead atoms. The van der Waals surface area contributed by atoms with Gasteiger partial charge in [0.1, 0.15) is 5.76 Å². The first-order chi connectivity index (χ1) is 5.42. The third-order valence-electron chi connectivity index (χ3n) is 2.64. The van der Waals surface area contributed by atoms with E-state index in [9.17, 15) is 0 Å². The van der Waals surface area contributed by atoms with Crippen molar-refractivity contribution in [1.29, 1.82) is 0 Å². The molecule has 1 heteroatoms. The minimum atomic E-state index is 0.576. The molecule has 1 aliphatic carbocycles. The molecule has 0 radical (unpaired) electrons. The molecular weight excluding hydrogens is 136 g/mol. The fourth-order valence-corrected chi connectivity index (χ4v) is 1.89. The molecule has 0 aromatic rings. The predicted molar refractivity (Wildman–Crippen MR) is 45.3 cm³/mol. The average Bonchev–Trinajstić information content (AvgIpc) is 2.70. The summed E-state index contributed by atoms with van der Waals surface area (Å²) in [7, 11) is 0. The van der Waals surface area contributed by atoms with Crippen LogP contribution in [0.3, 0.4) is 0 Å². The van der Waals surface area contributed by atoms with Crippen LogP contribution in [0.25, 0.3) is 0 Å². The molecule has 1 nitrogen and oxygen atoms in total. The molecule has 0 saturated carbocycles. The first-order valence-corrected chi connectivity index (χ1v) is 4.80. The fourth-order valence-electron chi connectivity index (χ4n) is 1.89. The highest BCUT2D eigenvalue weighted by Gasteiger charge is 2.40. The van der Waals surface area contributed by atoms with Crippen molar-refractivity contribution in [3.05, 3.63) is 11.3 Å². The number of hydrogen-bond donors (Lipinski definition) is 0. The third kappa shape index (κ3) is 1.42. The predicted octanol–water partition coefficient (Wildman–Crippen LogP) is 3.01. The van der Waals surface area contributed by atoms with Gasteiger partial charge in [-0.1, -0.05) is 19.8 Å². The second-order valence-electron chi connectivity index (χ2n) is 3.57. The zero-order valence-electron chi connectivity index (χ0n) is 7.23. The summed E-state index contributed by atoms with van der Waals surface area (Å²) >= 11 is 0. The van der Waals surface area contributed by atoms with Crippen LogP contribution in [0.15, 0.2) is 11.3 Å². The van der Waals surface area contributed by atoms with Crippen molar-refractivity contribution in [2.24, 2.45) is 0 Å². The van der Waals surface area contributed by atoms with Crippen LogP contribution >= 0.6 is 0 Å². The number of ether oxygens (including phenoxy) is 1. The summed E-state index contributed by atoms with van der Waals surface area (Å²) in [6, 6.07) is 0. The van der Waals surface area contributed by atoms with Gasteiger partial charge in [-0.2, -0.15) is 0 Å². The molecule has 1 unspecified atom stereocenters. The highest BCUT2D eigenvalue weighted by atomic mass is 16.6. The Labute approximate surface area is 68.4 Å². The summed E-state index contributed by atoms with van der Waals surface area (Å²) in [5.41, 5.74) is 1.63. The maximum atomic E-state index is 5.38. The van der Waals surface area contributed by atoms with Gasteiger partial charge in [0.15, 0.2) is 6.10 Å². The lowest BCUT2D eigenvalue weighted by molar-refractivity contribution is 0.395. The zero-order valence-corrected chi connectivity index (χ0v) is 7.23. The number of fused-ring (bicyclic) bond motifs is 1. The minimum Gasteiger partial charge on any atom is -0.483 e. The van der Waals surface area contributed by atoms with E-state index in [-0.39, 0.29) is 0 Å². The first kappa shape index (κ1) is 7.20. The smallest absolute Gasteiger partial charge is 0.155 e. The Balaban J connectivity index is 1.75. The van der Waals surface area contributed by atoms with Crippen LogP contribution in [0.5, 0.6) is 0 Å². The largest absolute Gasteiger partial charge is 0.483 e. The van der Waals surface area contributed by atoms with E-state index in [1.165, 1.54) is 44.3 Å². The van der Waals surface area contributed by atoms with Crippen molar-refractivity contribution in [3.63, 3.8) is 0 Å². The van der Waals surface area contributed by atoms with E-state index >= 15 is 0 Å². The van der Waals surface area contributed by atoms with E-state index in [0.29, 0.717) is 6.10 Å². The lowest BCUT2D eigenvalue weighted by Crippen LogP contribution is -1.83. The SMILES string of the molecule is CCCCCC1=C2OC2CC1. The molecule has 1 atom stereocenters. The Morgan fingerprint density at radius 3 is 2.91 bits per heavy atom. The molecule has 0 aromatic heterocycles. The fraction of sp³-hybridized carbons (Fsp3) is 0.800. The Kier molecular flexibility index (Phi) is 1.89. The van der Waals surface area contributed by atoms with E-state index in [0.717, 1.165) is 0 Å². The second-order valence-corrected chi connectivity index (χ2v) is 3.57. The zero-order chi connectivity index (χ0) is 7.68. The van der Waals surface area contributed by atoms with Crippen molar-refractivity contribution < 1.29 is 4.74 Å².